The average molecular weight is 429 g/mol. The van der Waals surface area contributed by atoms with Gasteiger partial charge in [-0.15, -0.1) is 0 Å². The van der Waals surface area contributed by atoms with Crippen molar-refractivity contribution in [3.63, 3.8) is 0 Å². The van der Waals surface area contributed by atoms with Gasteiger partial charge in [0.05, 0.1) is 12.5 Å². The van der Waals surface area contributed by atoms with Crippen molar-refractivity contribution in [1.29, 1.82) is 0 Å². The Kier molecular flexibility index (Phi) is 7.16. The van der Waals surface area contributed by atoms with Gasteiger partial charge in [-0.05, 0) is 28.7 Å². The van der Waals surface area contributed by atoms with E-state index in [2.05, 4.69) is 29.2 Å². The third kappa shape index (κ3) is 5.83. The molecule has 2 aromatic carbocycles. The van der Waals surface area contributed by atoms with E-state index in [1.165, 1.54) is 11.1 Å². The lowest BCUT2D eigenvalue weighted by atomic mass is 9.85. The Bertz CT molecular complexity index is 860. The van der Waals surface area contributed by atoms with Gasteiger partial charge in [0.25, 0.3) is 0 Å². The summed E-state index contributed by atoms with van der Waals surface area (Å²) in [6.07, 6.45) is 0.240. The van der Waals surface area contributed by atoms with E-state index >= 15 is 0 Å². The van der Waals surface area contributed by atoms with Crippen molar-refractivity contribution in [2.24, 2.45) is 5.41 Å². The molecule has 0 aliphatic carbocycles. The molecule has 0 spiro atoms. The van der Waals surface area contributed by atoms with Crippen LogP contribution in [-0.4, -0.2) is 53.0 Å². The van der Waals surface area contributed by atoms with Gasteiger partial charge in [-0.25, -0.2) is 0 Å². The maximum atomic E-state index is 12.7. The van der Waals surface area contributed by atoms with Crippen molar-refractivity contribution in [3.05, 3.63) is 70.7 Å². The van der Waals surface area contributed by atoms with Gasteiger partial charge >= 0.3 is 5.97 Å². The first-order valence-electron chi connectivity index (χ1n) is 10.3. The van der Waals surface area contributed by atoms with Gasteiger partial charge in [0.15, 0.2) is 0 Å². The number of amides is 1. The maximum absolute atomic E-state index is 12.7. The zero-order chi connectivity index (χ0) is 21.7. The Hall–Kier alpha value is -2.37. The Morgan fingerprint density at radius 1 is 0.933 bits per heavy atom. The summed E-state index contributed by atoms with van der Waals surface area (Å²) in [6.45, 7) is 6.46. The van der Waals surface area contributed by atoms with Crippen LogP contribution < -0.4 is 0 Å². The summed E-state index contributed by atoms with van der Waals surface area (Å²) < 4.78 is 0. The molecule has 0 radical (unpaired) electrons. The number of piperazine rings is 1. The minimum absolute atomic E-state index is 0.00858. The predicted molar refractivity (Wildman–Crippen MR) is 119 cm³/mol. The van der Waals surface area contributed by atoms with E-state index in [-0.39, 0.29) is 24.8 Å². The van der Waals surface area contributed by atoms with Crippen molar-refractivity contribution in [2.75, 3.05) is 26.2 Å². The molecule has 1 fully saturated rings. The summed E-state index contributed by atoms with van der Waals surface area (Å²) >= 11 is 6.09. The van der Waals surface area contributed by atoms with Gasteiger partial charge in [0.2, 0.25) is 5.91 Å². The Morgan fingerprint density at radius 2 is 1.50 bits per heavy atom. The molecule has 1 N–H and O–H groups in total. The zero-order valence-electron chi connectivity index (χ0n) is 17.6. The molecule has 1 heterocycles. The number of hydrogen-bond donors (Lipinski definition) is 1. The number of benzene rings is 2. The fraction of sp³-hybridized carbons (Fsp3) is 0.417. The maximum Gasteiger partial charge on any atom is 0.303 e. The van der Waals surface area contributed by atoms with Gasteiger partial charge in [0, 0.05) is 37.6 Å². The minimum atomic E-state index is -0.869. The highest BCUT2D eigenvalue weighted by Crippen LogP contribution is 2.31. The monoisotopic (exact) mass is 428 g/mol. The Labute approximate surface area is 183 Å². The molecule has 1 saturated heterocycles. The topological polar surface area (TPSA) is 60.9 Å². The van der Waals surface area contributed by atoms with Crippen LogP contribution in [0.2, 0.25) is 5.02 Å². The van der Waals surface area contributed by atoms with Crippen LogP contribution in [0.25, 0.3) is 0 Å². The van der Waals surface area contributed by atoms with Crippen molar-refractivity contribution in [1.82, 2.24) is 9.80 Å². The van der Waals surface area contributed by atoms with Crippen molar-refractivity contribution in [3.8, 4) is 0 Å². The van der Waals surface area contributed by atoms with Crippen molar-refractivity contribution < 1.29 is 14.7 Å². The normalized spacial score (nSPS) is 16.3. The summed E-state index contributed by atoms with van der Waals surface area (Å²) in [6, 6.07) is 18.4. The van der Waals surface area contributed by atoms with E-state index in [1.807, 2.05) is 49.1 Å². The lowest BCUT2D eigenvalue weighted by molar-refractivity contribution is -0.141. The van der Waals surface area contributed by atoms with Gasteiger partial charge in [-0.2, -0.15) is 0 Å². The van der Waals surface area contributed by atoms with E-state index in [0.717, 1.165) is 13.1 Å². The van der Waals surface area contributed by atoms with Crippen LogP contribution in [0, 0.1) is 5.41 Å². The lowest BCUT2D eigenvalue weighted by Gasteiger charge is -2.40. The van der Waals surface area contributed by atoms with Gasteiger partial charge < -0.3 is 10.0 Å². The molecule has 5 nitrogen and oxygen atoms in total. The summed E-state index contributed by atoms with van der Waals surface area (Å²) in [5.74, 6) is -0.838. The van der Waals surface area contributed by atoms with Crippen molar-refractivity contribution in [2.45, 2.75) is 32.7 Å². The Balaban J connectivity index is 1.70. The number of nitrogens with zero attached hydrogens (tertiary/aromatic N) is 2. The molecule has 6 heteroatoms. The molecule has 1 atom stereocenters. The van der Waals surface area contributed by atoms with Crippen LogP contribution in [0.1, 0.15) is 43.9 Å². The average Bonchev–Trinajstić information content (AvgIpc) is 2.69. The Morgan fingerprint density at radius 3 is 2.07 bits per heavy atom. The molecular weight excluding hydrogens is 400 g/mol. The van der Waals surface area contributed by atoms with Gasteiger partial charge in [0.1, 0.15) is 0 Å². The molecule has 160 valence electrons. The summed E-state index contributed by atoms with van der Waals surface area (Å²) in [5.41, 5.74) is 1.84. The number of carboxylic acids is 1. The van der Waals surface area contributed by atoms with Crippen LogP contribution in [0.15, 0.2) is 54.6 Å². The number of rotatable bonds is 7. The largest absolute Gasteiger partial charge is 0.481 e. The minimum Gasteiger partial charge on any atom is -0.481 e. The highest BCUT2D eigenvalue weighted by Gasteiger charge is 2.31. The first kappa shape index (κ1) is 22.3. The highest BCUT2D eigenvalue weighted by atomic mass is 35.5. The van der Waals surface area contributed by atoms with Crippen LogP contribution >= 0.6 is 11.6 Å². The van der Waals surface area contributed by atoms with Crippen LogP contribution in [0.3, 0.4) is 0 Å². The van der Waals surface area contributed by atoms with E-state index in [9.17, 15) is 9.59 Å². The second kappa shape index (κ2) is 9.63. The van der Waals surface area contributed by atoms with Crippen LogP contribution in [0.5, 0.6) is 0 Å². The molecule has 1 amide bonds. The lowest BCUT2D eigenvalue weighted by Crippen LogP contribution is -2.50. The fourth-order valence-electron chi connectivity index (χ4n) is 4.12. The van der Waals surface area contributed by atoms with E-state index in [0.29, 0.717) is 18.1 Å². The molecule has 1 aliphatic rings. The smallest absolute Gasteiger partial charge is 0.303 e. The molecule has 2 aromatic rings. The molecule has 0 bridgehead atoms. The molecule has 0 aromatic heterocycles. The number of hydrogen-bond acceptors (Lipinski definition) is 3. The molecular formula is C24H29ClN2O3. The standard InChI is InChI=1S/C24H29ClN2O3/c1-24(2,17-22(29)30)16-21(28)26-12-14-27(15-13-26)23(18-6-4-3-5-7-18)19-8-10-20(25)11-9-19/h3-11,23H,12-17H2,1-2H3,(H,29,30). The van der Waals surface area contributed by atoms with Gasteiger partial charge in [-0.1, -0.05) is 67.9 Å². The highest BCUT2D eigenvalue weighted by molar-refractivity contribution is 6.30. The second-order valence-electron chi connectivity index (χ2n) is 8.69. The quantitative estimate of drug-likeness (QED) is 0.707. The predicted octanol–water partition coefficient (Wildman–Crippen LogP) is 4.46. The molecule has 1 aliphatic heterocycles. The SMILES string of the molecule is CC(C)(CC(=O)O)CC(=O)N1CCN(C(c2ccccc2)c2ccc(Cl)cc2)CC1. The van der Waals surface area contributed by atoms with Crippen molar-refractivity contribution >= 4 is 23.5 Å². The van der Waals surface area contributed by atoms with E-state index < -0.39 is 11.4 Å². The van der Waals surface area contributed by atoms with E-state index in [4.69, 9.17) is 16.7 Å². The number of carbonyl (C=O) groups excluding carboxylic acids is 1. The third-order valence-electron chi connectivity index (χ3n) is 5.59. The molecule has 0 saturated carbocycles. The van der Waals surface area contributed by atoms with E-state index in [1.54, 1.807) is 0 Å². The van der Waals surface area contributed by atoms with Crippen LogP contribution in [-0.2, 0) is 9.59 Å². The summed E-state index contributed by atoms with van der Waals surface area (Å²) in [7, 11) is 0. The summed E-state index contributed by atoms with van der Waals surface area (Å²) in [4.78, 5) is 28.0. The van der Waals surface area contributed by atoms with Gasteiger partial charge in [-0.3, -0.25) is 14.5 Å². The first-order chi connectivity index (χ1) is 14.2. The second-order valence-corrected chi connectivity index (χ2v) is 9.13. The number of carboxylic acid groups (broad SMARTS) is 1. The zero-order valence-corrected chi connectivity index (χ0v) is 18.3. The third-order valence-corrected chi connectivity index (χ3v) is 5.84. The molecule has 3 rings (SSSR count). The number of halogens is 1. The first-order valence-corrected chi connectivity index (χ1v) is 10.7. The molecule has 30 heavy (non-hydrogen) atoms. The summed E-state index contributed by atoms with van der Waals surface area (Å²) in [5, 5.41) is 9.77. The molecule has 1 unspecified atom stereocenters. The fourth-order valence-corrected chi connectivity index (χ4v) is 4.24. The van der Waals surface area contributed by atoms with Crippen LogP contribution in [0.4, 0.5) is 0 Å². The number of carbonyl (C=O) groups is 2. The number of aliphatic carboxylic acids is 1.